The van der Waals surface area contributed by atoms with Crippen molar-refractivity contribution in [3.63, 3.8) is 0 Å². The van der Waals surface area contributed by atoms with Crippen LogP contribution in [0.3, 0.4) is 0 Å². The summed E-state index contributed by atoms with van der Waals surface area (Å²) in [6.45, 7) is 3.67. The average Bonchev–Trinajstić information content (AvgIpc) is 2.83. The zero-order valence-corrected chi connectivity index (χ0v) is 20.8. The van der Waals surface area contributed by atoms with Crippen LogP contribution in [-0.2, 0) is 11.3 Å². The van der Waals surface area contributed by atoms with E-state index in [-0.39, 0.29) is 47.3 Å². The smallest absolute Gasteiger partial charge is 0.405 e. The predicted octanol–water partition coefficient (Wildman–Crippen LogP) is 3.69. The number of nitrogens with one attached hydrogen (secondary N) is 3. The molecule has 2 aromatic rings. The summed E-state index contributed by atoms with van der Waals surface area (Å²) in [5.74, 6) is 0.0376. The van der Waals surface area contributed by atoms with Crippen molar-refractivity contribution in [3.8, 4) is 5.75 Å². The summed E-state index contributed by atoms with van der Waals surface area (Å²) in [5.41, 5.74) is -0.0572. The van der Waals surface area contributed by atoms with Gasteiger partial charge in [0.1, 0.15) is 11.9 Å². The highest BCUT2D eigenvalue weighted by Crippen LogP contribution is 2.31. The molecule has 0 unspecified atom stereocenters. The van der Waals surface area contributed by atoms with Crippen molar-refractivity contribution in [1.82, 2.24) is 20.2 Å². The van der Waals surface area contributed by atoms with Crippen LogP contribution in [0.1, 0.15) is 38.2 Å². The third-order valence-corrected chi connectivity index (χ3v) is 6.81. The number of hydrogen-bond acceptors (Lipinski definition) is 9. The van der Waals surface area contributed by atoms with Crippen molar-refractivity contribution in [1.29, 1.82) is 0 Å². The summed E-state index contributed by atoms with van der Waals surface area (Å²) in [4.78, 5) is 32.6. The molecule has 0 radical (unpaired) electrons. The van der Waals surface area contributed by atoms with Gasteiger partial charge in [0.15, 0.2) is 0 Å². The summed E-state index contributed by atoms with van der Waals surface area (Å²) in [7, 11) is 0. The molecule has 14 heteroatoms. The Morgan fingerprint density at radius 2 is 1.89 bits per heavy atom. The second-order valence-electron chi connectivity index (χ2n) is 9.60. The molecule has 2 fully saturated rings. The molecule has 1 aromatic carbocycles. The van der Waals surface area contributed by atoms with Gasteiger partial charge in [0.25, 0.3) is 0 Å². The van der Waals surface area contributed by atoms with Gasteiger partial charge in [-0.1, -0.05) is 18.2 Å². The minimum Gasteiger partial charge on any atom is -0.405 e. The maximum atomic E-state index is 12.7. The highest BCUT2D eigenvalue weighted by Gasteiger charge is 2.35. The number of aromatic nitrogens is 2. The zero-order chi connectivity index (χ0) is 27.3. The number of carbonyl (C=O) groups excluding carboxylic acids is 1. The number of benzene rings is 1. The summed E-state index contributed by atoms with van der Waals surface area (Å²) in [6.07, 6.45) is 0.176. The van der Waals surface area contributed by atoms with E-state index in [4.69, 9.17) is 0 Å². The Kier molecular flexibility index (Phi) is 8.49. The lowest BCUT2D eigenvalue weighted by molar-refractivity contribution is -0.384. The third-order valence-electron chi connectivity index (χ3n) is 6.81. The molecule has 1 amide bonds. The first-order valence-electron chi connectivity index (χ1n) is 12.4. The van der Waals surface area contributed by atoms with Gasteiger partial charge in [-0.3, -0.25) is 19.8 Å². The van der Waals surface area contributed by atoms with Gasteiger partial charge in [0.05, 0.1) is 11.0 Å². The van der Waals surface area contributed by atoms with Gasteiger partial charge < -0.3 is 20.7 Å². The number of carbonyl (C=O) groups is 1. The van der Waals surface area contributed by atoms with Crippen LogP contribution in [0.4, 0.5) is 30.6 Å². The van der Waals surface area contributed by atoms with Gasteiger partial charge in [-0.25, -0.2) is 4.98 Å². The van der Waals surface area contributed by atoms with Gasteiger partial charge in [-0.15, -0.1) is 13.2 Å². The first-order chi connectivity index (χ1) is 18.1. The topological polar surface area (TPSA) is 135 Å². The van der Waals surface area contributed by atoms with Crippen molar-refractivity contribution in [3.05, 3.63) is 46.1 Å². The molecule has 1 aliphatic heterocycles. The van der Waals surface area contributed by atoms with Crippen molar-refractivity contribution in [2.24, 2.45) is 5.92 Å². The number of amides is 1. The Hall–Kier alpha value is -3.68. The molecular formula is C24H30F3N7O4. The van der Waals surface area contributed by atoms with Gasteiger partial charge in [-0.05, 0) is 37.7 Å². The highest BCUT2D eigenvalue weighted by atomic mass is 19.4. The second kappa shape index (κ2) is 11.8. The van der Waals surface area contributed by atoms with Gasteiger partial charge in [0, 0.05) is 44.7 Å². The average molecular weight is 538 g/mol. The van der Waals surface area contributed by atoms with E-state index in [0.717, 1.165) is 45.0 Å². The lowest BCUT2D eigenvalue weighted by Gasteiger charge is -2.46. The van der Waals surface area contributed by atoms with E-state index in [2.05, 4.69) is 35.6 Å². The molecule has 2 heterocycles. The molecule has 3 N–H and O–H groups in total. The number of nitro groups is 1. The summed E-state index contributed by atoms with van der Waals surface area (Å²) >= 11 is 0. The Morgan fingerprint density at radius 1 is 1.18 bits per heavy atom. The Labute approximate surface area is 217 Å². The number of anilines is 2. The number of rotatable bonds is 10. The molecule has 4 rings (SSSR count). The summed E-state index contributed by atoms with van der Waals surface area (Å²) in [6, 6.07) is 6.36. The number of hydrogen-bond donors (Lipinski definition) is 3. The number of likely N-dealkylation sites (tertiary alicyclic amines) is 1. The Morgan fingerprint density at radius 3 is 2.55 bits per heavy atom. The van der Waals surface area contributed by atoms with Gasteiger partial charge in [-0.2, -0.15) is 4.98 Å². The Bertz CT molecular complexity index is 1140. The van der Waals surface area contributed by atoms with Crippen molar-refractivity contribution < 1.29 is 27.6 Å². The van der Waals surface area contributed by atoms with Crippen LogP contribution in [0.2, 0.25) is 0 Å². The number of para-hydroxylation sites is 1. The lowest BCUT2D eigenvalue weighted by atomic mass is 9.84. The Balaban J connectivity index is 1.31. The SMILES string of the molecule is CC(=O)NC1CN([C@H]2CC[C@H](CNc3nc(NCc4ccccc4OC(F)(F)F)ncc3[N+](=O)[O-])CC2)C1. The lowest BCUT2D eigenvalue weighted by Crippen LogP contribution is -2.62. The number of ether oxygens (including phenoxy) is 1. The van der Waals surface area contributed by atoms with E-state index < -0.39 is 11.3 Å². The van der Waals surface area contributed by atoms with E-state index in [9.17, 15) is 28.1 Å². The van der Waals surface area contributed by atoms with E-state index >= 15 is 0 Å². The maximum absolute atomic E-state index is 12.7. The minimum absolute atomic E-state index is 0.0121. The fourth-order valence-corrected chi connectivity index (χ4v) is 4.92. The van der Waals surface area contributed by atoms with Crippen LogP contribution in [-0.4, -0.2) is 63.8 Å². The van der Waals surface area contributed by atoms with Crippen LogP contribution in [0, 0.1) is 16.0 Å². The fraction of sp³-hybridized carbons (Fsp3) is 0.542. The fourth-order valence-electron chi connectivity index (χ4n) is 4.92. The van der Waals surface area contributed by atoms with Gasteiger partial charge >= 0.3 is 12.0 Å². The highest BCUT2D eigenvalue weighted by molar-refractivity contribution is 5.73. The van der Waals surface area contributed by atoms with Crippen LogP contribution in [0.15, 0.2) is 30.5 Å². The number of alkyl halides is 3. The molecule has 2 aliphatic rings. The van der Waals surface area contributed by atoms with E-state index in [1.807, 2.05) is 0 Å². The number of halogens is 3. The van der Waals surface area contributed by atoms with Gasteiger partial charge in [0.2, 0.25) is 17.7 Å². The van der Waals surface area contributed by atoms with E-state index in [1.165, 1.54) is 25.1 Å². The normalized spacial score (nSPS) is 20.3. The van der Waals surface area contributed by atoms with Crippen LogP contribution in [0.5, 0.6) is 5.75 Å². The van der Waals surface area contributed by atoms with Crippen molar-refractivity contribution >= 4 is 23.4 Å². The predicted molar refractivity (Wildman–Crippen MR) is 133 cm³/mol. The van der Waals surface area contributed by atoms with E-state index in [1.54, 1.807) is 6.07 Å². The van der Waals surface area contributed by atoms with Crippen LogP contribution >= 0.6 is 0 Å². The van der Waals surface area contributed by atoms with Crippen LogP contribution < -0.4 is 20.7 Å². The number of nitrogens with zero attached hydrogens (tertiary/aromatic N) is 4. The first-order valence-corrected chi connectivity index (χ1v) is 12.4. The van der Waals surface area contributed by atoms with Crippen molar-refractivity contribution in [2.45, 2.75) is 57.6 Å². The molecular weight excluding hydrogens is 507 g/mol. The van der Waals surface area contributed by atoms with E-state index in [0.29, 0.717) is 18.5 Å². The minimum atomic E-state index is -4.83. The molecule has 0 spiro atoms. The molecule has 1 aromatic heterocycles. The molecule has 0 bridgehead atoms. The first kappa shape index (κ1) is 27.4. The molecule has 0 atom stereocenters. The third kappa shape index (κ3) is 7.43. The standard InChI is InChI=1S/C24H30F3N7O4/c1-15(35)31-18-13-33(14-18)19-8-6-16(7-9-19)10-28-22-20(34(36)37)12-30-23(32-22)29-11-17-4-2-3-5-21(17)38-24(25,26)27/h2-5,12,16,18-19H,6-11,13-14H2,1H3,(H,31,35)(H2,28,29,30,32)/t16-,19-. The molecule has 206 valence electrons. The maximum Gasteiger partial charge on any atom is 0.573 e. The molecule has 11 nitrogen and oxygen atoms in total. The summed E-state index contributed by atoms with van der Waals surface area (Å²) in [5, 5.41) is 20.3. The molecule has 38 heavy (non-hydrogen) atoms. The largest absolute Gasteiger partial charge is 0.573 e. The molecule has 1 aliphatic carbocycles. The van der Waals surface area contributed by atoms with Crippen molar-refractivity contribution in [2.75, 3.05) is 30.3 Å². The monoisotopic (exact) mass is 537 g/mol. The summed E-state index contributed by atoms with van der Waals surface area (Å²) < 4.78 is 42.1. The zero-order valence-electron chi connectivity index (χ0n) is 20.8. The second-order valence-corrected chi connectivity index (χ2v) is 9.60. The molecule has 1 saturated carbocycles. The molecule has 1 saturated heterocycles. The van der Waals surface area contributed by atoms with Crippen LogP contribution in [0.25, 0.3) is 0 Å². The quantitative estimate of drug-likeness (QED) is 0.306.